The monoisotopic (exact) mass is 391 g/mol. The Morgan fingerprint density at radius 3 is 2.71 bits per heavy atom. The minimum absolute atomic E-state index is 0.293. The van der Waals surface area contributed by atoms with Crippen molar-refractivity contribution in [2.75, 3.05) is 5.01 Å². The second-order valence-electron chi connectivity index (χ2n) is 6.36. The summed E-state index contributed by atoms with van der Waals surface area (Å²) in [5.41, 5.74) is 9.49. The highest BCUT2D eigenvalue weighted by Gasteiger charge is 2.32. The van der Waals surface area contributed by atoms with Crippen molar-refractivity contribution in [2.45, 2.75) is 31.4 Å². The number of urea groups is 1. The summed E-state index contributed by atoms with van der Waals surface area (Å²) < 4.78 is 38.4. The van der Waals surface area contributed by atoms with E-state index in [1.54, 1.807) is 12.1 Å². The van der Waals surface area contributed by atoms with E-state index in [9.17, 15) is 18.0 Å². The molecule has 1 heterocycles. The topological polar surface area (TPSA) is 68.8 Å². The summed E-state index contributed by atoms with van der Waals surface area (Å²) in [5.74, 6) is 0.437. The lowest BCUT2D eigenvalue weighted by Crippen LogP contribution is -2.38. The molecule has 0 atom stereocenters. The van der Waals surface area contributed by atoms with Gasteiger partial charge in [0.25, 0.3) is 0 Å². The number of rotatable bonds is 7. The quantitative estimate of drug-likeness (QED) is 0.484. The molecule has 1 aromatic carbocycles. The highest BCUT2D eigenvalue weighted by molar-refractivity contribution is 5.94. The van der Waals surface area contributed by atoms with Crippen LogP contribution in [-0.2, 0) is 0 Å². The molecule has 9 heteroatoms. The zero-order chi connectivity index (χ0) is 20.1. The molecule has 1 aliphatic heterocycles. The molecule has 1 aliphatic carbocycles. The number of hydrogen-bond donors (Lipinski definition) is 3. The van der Waals surface area contributed by atoms with Crippen molar-refractivity contribution in [3.63, 3.8) is 0 Å². The van der Waals surface area contributed by atoms with Gasteiger partial charge in [0.2, 0.25) is 0 Å². The predicted octanol–water partition coefficient (Wildman–Crippen LogP) is 4.12. The number of halogens is 3. The third kappa shape index (κ3) is 4.68. The fourth-order valence-electron chi connectivity index (χ4n) is 2.88. The number of hydrogen-bond acceptors (Lipinski definition) is 4. The summed E-state index contributed by atoms with van der Waals surface area (Å²) in [6.07, 6.45) is 4.64. The number of anilines is 1. The van der Waals surface area contributed by atoms with E-state index in [0.29, 0.717) is 24.2 Å². The van der Waals surface area contributed by atoms with Crippen LogP contribution in [0.15, 0.2) is 53.2 Å². The minimum Gasteiger partial charge on any atom is -0.272 e. The van der Waals surface area contributed by atoms with Gasteiger partial charge in [0.05, 0.1) is 11.3 Å². The first-order chi connectivity index (χ1) is 13.4. The van der Waals surface area contributed by atoms with Crippen LogP contribution in [0.3, 0.4) is 0 Å². The van der Waals surface area contributed by atoms with Gasteiger partial charge in [0.15, 0.2) is 0 Å². The van der Waals surface area contributed by atoms with Crippen LogP contribution in [0.5, 0.6) is 0 Å². The first-order valence-corrected chi connectivity index (χ1v) is 8.71. The summed E-state index contributed by atoms with van der Waals surface area (Å²) in [4.78, 5) is 15.2. The molecule has 3 N–H and O–H groups in total. The fraction of sp³-hybridized carbons (Fsp3) is 0.263. The lowest BCUT2D eigenvalue weighted by molar-refractivity contribution is -0.0883. The van der Waals surface area contributed by atoms with E-state index in [2.05, 4.69) is 28.2 Å². The molecular weight excluding hydrogens is 371 g/mol. The molecule has 1 saturated heterocycles. The lowest BCUT2D eigenvalue weighted by atomic mass is 10.00. The molecule has 0 bridgehead atoms. The summed E-state index contributed by atoms with van der Waals surface area (Å²) in [7, 11) is 0. The Bertz CT molecular complexity index is 840. The van der Waals surface area contributed by atoms with Gasteiger partial charge in [-0.1, -0.05) is 36.4 Å². The second-order valence-corrected chi connectivity index (χ2v) is 6.36. The predicted molar refractivity (Wildman–Crippen MR) is 102 cm³/mol. The summed E-state index contributed by atoms with van der Waals surface area (Å²) in [5, 5.41) is 1.35. The van der Waals surface area contributed by atoms with Gasteiger partial charge in [-0.15, -0.1) is 11.1 Å². The fourth-order valence-corrected chi connectivity index (χ4v) is 2.88. The van der Waals surface area contributed by atoms with Crippen LogP contribution in [-0.4, -0.2) is 18.9 Å². The van der Waals surface area contributed by atoms with Gasteiger partial charge in [-0.2, -0.15) is 13.2 Å². The molecule has 2 aliphatic rings. The average Bonchev–Trinajstić information content (AvgIpc) is 3.40. The molecule has 0 spiro atoms. The Balaban J connectivity index is 1.79. The third-order valence-corrected chi connectivity index (χ3v) is 4.33. The first kappa shape index (κ1) is 19.8. The Labute approximate surface area is 160 Å². The Morgan fingerprint density at radius 1 is 1.32 bits per heavy atom. The van der Waals surface area contributed by atoms with E-state index in [0.717, 1.165) is 30.0 Å². The first-order valence-electron chi connectivity index (χ1n) is 8.71. The maximum Gasteiger partial charge on any atom is 0.417 e. The van der Waals surface area contributed by atoms with Crippen LogP contribution < -0.4 is 21.5 Å². The zero-order valence-electron chi connectivity index (χ0n) is 15.0. The van der Waals surface area contributed by atoms with Crippen LogP contribution in [0.25, 0.3) is 6.08 Å². The summed E-state index contributed by atoms with van der Waals surface area (Å²) in [6.45, 7) is 3.06. The van der Waals surface area contributed by atoms with Gasteiger partial charge in [0, 0.05) is 11.8 Å². The molecule has 6 nitrogen and oxygen atoms in total. The second kappa shape index (κ2) is 8.41. The van der Waals surface area contributed by atoms with Crippen molar-refractivity contribution in [1.29, 1.82) is 0 Å². The van der Waals surface area contributed by atoms with Crippen molar-refractivity contribution in [1.82, 2.24) is 16.5 Å². The number of allylic oxidation sites excluding steroid dienone is 4. The number of benzene rings is 1. The number of amides is 2. The van der Waals surface area contributed by atoms with E-state index < -0.39 is 11.7 Å². The summed E-state index contributed by atoms with van der Waals surface area (Å²) >= 11 is 0. The lowest BCUT2D eigenvalue weighted by Gasteiger charge is -2.18. The zero-order valence-corrected chi connectivity index (χ0v) is 15.0. The van der Waals surface area contributed by atoms with E-state index in [1.807, 2.05) is 18.2 Å². The largest absolute Gasteiger partial charge is 0.417 e. The molecule has 2 fully saturated rings. The van der Waals surface area contributed by atoms with Crippen LogP contribution >= 0.6 is 0 Å². The SMILES string of the molecule is C=N/C=C(\C=C/C/C=C/c1c(C2CC2)cccc1N1NNNC1=O)C(F)(F)F. The van der Waals surface area contributed by atoms with Crippen LogP contribution in [0.4, 0.5) is 23.7 Å². The maximum absolute atomic E-state index is 12.8. The van der Waals surface area contributed by atoms with Gasteiger partial charge in [-0.3, -0.25) is 10.4 Å². The molecular formula is C19H20F3N5O. The van der Waals surface area contributed by atoms with Gasteiger partial charge in [-0.05, 0) is 43.5 Å². The van der Waals surface area contributed by atoms with Gasteiger partial charge >= 0.3 is 12.2 Å². The van der Waals surface area contributed by atoms with E-state index in [-0.39, 0.29) is 6.03 Å². The summed E-state index contributed by atoms with van der Waals surface area (Å²) in [6, 6.07) is 5.36. The van der Waals surface area contributed by atoms with Gasteiger partial charge in [0.1, 0.15) is 0 Å². The number of carbonyl (C=O) groups is 1. The average molecular weight is 391 g/mol. The van der Waals surface area contributed by atoms with Crippen molar-refractivity contribution in [2.24, 2.45) is 4.99 Å². The smallest absolute Gasteiger partial charge is 0.272 e. The maximum atomic E-state index is 12.8. The standard InChI is InChI=1S/C19H20F3N5O/c1-23-12-14(19(20,21)22)6-3-2-4-7-16-15(13-10-11-13)8-5-9-17(16)27-18(28)24-25-26-27/h3-9,12-13,25-26H,1-2,10-11H2,(H,24,28)/b6-3-,7-4+,14-12+. The van der Waals surface area contributed by atoms with Crippen molar-refractivity contribution < 1.29 is 18.0 Å². The minimum atomic E-state index is -4.48. The molecule has 0 aromatic heterocycles. The molecule has 1 aromatic rings. The molecule has 28 heavy (non-hydrogen) atoms. The number of nitrogens with zero attached hydrogens (tertiary/aromatic N) is 2. The molecule has 1 saturated carbocycles. The number of nitrogens with one attached hydrogen (secondary N) is 3. The Kier molecular flexibility index (Phi) is 5.96. The van der Waals surface area contributed by atoms with Crippen molar-refractivity contribution >= 4 is 24.5 Å². The normalized spacial score (nSPS) is 18.3. The third-order valence-electron chi connectivity index (χ3n) is 4.33. The molecule has 0 radical (unpaired) electrons. The number of carbonyl (C=O) groups excluding carboxylic acids is 1. The van der Waals surface area contributed by atoms with Crippen LogP contribution in [0.2, 0.25) is 0 Å². The van der Waals surface area contributed by atoms with E-state index in [4.69, 9.17) is 0 Å². The molecule has 0 unspecified atom stereocenters. The van der Waals surface area contributed by atoms with Gasteiger partial charge in [-0.25, -0.2) is 9.80 Å². The molecule has 148 valence electrons. The number of hydrazine groups is 3. The van der Waals surface area contributed by atoms with E-state index in [1.165, 1.54) is 11.1 Å². The van der Waals surface area contributed by atoms with Crippen LogP contribution in [0.1, 0.15) is 36.3 Å². The van der Waals surface area contributed by atoms with Crippen molar-refractivity contribution in [3.05, 3.63) is 59.3 Å². The van der Waals surface area contributed by atoms with Crippen molar-refractivity contribution in [3.8, 4) is 0 Å². The van der Waals surface area contributed by atoms with Crippen LogP contribution in [0, 0.1) is 0 Å². The van der Waals surface area contributed by atoms with E-state index >= 15 is 0 Å². The Hall–Kier alpha value is -2.91. The molecule has 3 rings (SSSR count). The number of aliphatic imine (C=N–C) groups is 1. The Morgan fingerprint density at radius 2 is 2.11 bits per heavy atom. The number of alkyl halides is 3. The highest BCUT2D eigenvalue weighted by atomic mass is 19.4. The van der Waals surface area contributed by atoms with Gasteiger partial charge < -0.3 is 0 Å². The molecule has 2 amide bonds. The highest BCUT2D eigenvalue weighted by Crippen LogP contribution is 2.44.